The average Bonchev–Trinajstić information content (AvgIpc) is 3.77. The second-order valence-corrected chi connectivity index (χ2v) is 12.4. The van der Waals surface area contributed by atoms with Crippen LogP contribution in [0.25, 0.3) is 42.8 Å². The summed E-state index contributed by atoms with van der Waals surface area (Å²) in [6, 6.07) is 54.2. The van der Waals surface area contributed by atoms with E-state index < -0.39 is 0 Å². The van der Waals surface area contributed by atoms with E-state index in [2.05, 4.69) is 161 Å². The second-order valence-electron chi connectivity index (χ2n) is 11.5. The minimum atomic E-state index is -0.220. The lowest BCUT2D eigenvalue weighted by atomic mass is 9.99. The van der Waals surface area contributed by atoms with Gasteiger partial charge in [-0.1, -0.05) is 97.1 Å². The molecule has 7 aromatic carbocycles. The van der Waals surface area contributed by atoms with Crippen LogP contribution < -0.4 is 15.0 Å². The fourth-order valence-electron chi connectivity index (χ4n) is 6.52. The molecular weight excluding hydrogens is 569 g/mol. The van der Waals surface area contributed by atoms with Crippen LogP contribution in [0.2, 0.25) is 0 Å². The SMILES string of the molecule is c1ccc(-c2ccc(N(c3ccc4sccc4c3)c3ccc4ccc5ccc6c(c5c4c3)OC(c3ccccc3)N6)cc2)cc1. The lowest BCUT2D eigenvalue weighted by molar-refractivity contribution is 0.263. The number of anilines is 4. The first kappa shape index (κ1) is 25.9. The van der Waals surface area contributed by atoms with Crippen molar-refractivity contribution in [2.45, 2.75) is 6.23 Å². The third-order valence-corrected chi connectivity index (χ3v) is 9.65. The van der Waals surface area contributed by atoms with E-state index in [1.165, 1.54) is 32.0 Å². The molecule has 8 aromatic rings. The largest absolute Gasteiger partial charge is 0.464 e. The highest BCUT2D eigenvalue weighted by Gasteiger charge is 2.26. The standard InChI is InChI=1S/C41H28N2OS/c1-3-7-27(8-4-1)28-13-17-33(18-14-28)43(34-20-22-38-32(25-34)23-24-45-38)35-19-15-29-11-12-30-16-21-37-40(39(30)36(29)26-35)44-41(42-37)31-9-5-2-6-10-31/h1-26,41-42H. The van der Waals surface area contributed by atoms with Crippen molar-refractivity contribution in [1.82, 2.24) is 0 Å². The number of hydrogen-bond donors (Lipinski definition) is 1. The third kappa shape index (κ3) is 4.50. The maximum Gasteiger partial charge on any atom is 0.196 e. The number of ether oxygens (including phenoxy) is 1. The molecule has 3 nitrogen and oxygen atoms in total. The number of benzene rings is 7. The summed E-state index contributed by atoms with van der Waals surface area (Å²) in [6.07, 6.45) is -0.220. The molecule has 0 radical (unpaired) electrons. The Morgan fingerprint density at radius 3 is 2.07 bits per heavy atom. The molecule has 0 saturated carbocycles. The molecular formula is C41H28N2OS. The highest BCUT2D eigenvalue weighted by Crippen LogP contribution is 2.47. The zero-order chi connectivity index (χ0) is 29.7. The average molecular weight is 597 g/mol. The molecule has 1 aliphatic rings. The zero-order valence-corrected chi connectivity index (χ0v) is 25.2. The van der Waals surface area contributed by atoms with Crippen molar-refractivity contribution in [2.75, 3.05) is 10.2 Å². The van der Waals surface area contributed by atoms with E-state index in [-0.39, 0.29) is 6.23 Å². The number of nitrogens with zero attached hydrogens (tertiary/aromatic N) is 1. The van der Waals surface area contributed by atoms with Gasteiger partial charge in [0.05, 0.1) is 5.69 Å². The minimum Gasteiger partial charge on any atom is -0.464 e. The molecule has 1 aliphatic heterocycles. The number of thiophene rings is 1. The van der Waals surface area contributed by atoms with E-state index >= 15 is 0 Å². The normalized spacial score (nSPS) is 13.9. The topological polar surface area (TPSA) is 24.5 Å². The number of fused-ring (bicyclic) bond motifs is 6. The smallest absolute Gasteiger partial charge is 0.196 e. The van der Waals surface area contributed by atoms with Gasteiger partial charge in [0, 0.05) is 32.7 Å². The quantitative estimate of drug-likeness (QED) is 0.200. The molecule has 1 N–H and O–H groups in total. The predicted octanol–water partition coefficient (Wildman–Crippen LogP) is 11.8. The van der Waals surface area contributed by atoms with Gasteiger partial charge in [0.25, 0.3) is 0 Å². The van der Waals surface area contributed by atoms with Crippen molar-refractivity contribution in [2.24, 2.45) is 0 Å². The Morgan fingerprint density at radius 2 is 1.22 bits per heavy atom. The predicted molar refractivity (Wildman–Crippen MR) is 190 cm³/mol. The molecule has 1 aromatic heterocycles. The minimum absolute atomic E-state index is 0.220. The summed E-state index contributed by atoms with van der Waals surface area (Å²) < 4.78 is 7.94. The van der Waals surface area contributed by atoms with Crippen molar-refractivity contribution in [3.8, 4) is 16.9 Å². The third-order valence-electron chi connectivity index (χ3n) is 8.75. The van der Waals surface area contributed by atoms with Gasteiger partial charge in [0.2, 0.25) is 0 Å². The molecule has 0 bridgehead atoms. The van der Waals surface area contributed by atoms with Crippen LogP contribution in [0.1, 0.15) is 11.8 Å². The Morgan fingerprint density at radius 1 is 0.556 bits per heavy atom. The molecule has 45 heavy (non-hydrogen) atoms. The Kier molecular flexibility index (Phi) is 6.06. The summed E-state index contributed by atoms with van der Waals surface area (Å²) >= 11 is 1.77. The van der Waals surface area contributed by atoms with Gasteiger partial charge < -0.3 is 15.0 Å². The van der Waals surface area contributed by atoms with Gasteiger partial charge in [-0.15, -0.1) is 11.3 Å². The van der Waals surface area contributed by atoms with E-state index in [4.69, 9.17) is 4.74 Å². The van der Waals surface area contributed by atoms with Crippen molar-refractivity contribution in [1.29, 1.82) is 0 Å². The Balaban J connectivity index is 1.21. The van der Waals surface area contributed by atoms with Crippen LogP contribution >= 0.6 is 11.3 Å². The highest BCUT2D eigenvalue weighted by atomic mass is 32.1. The van der Waals surface area contributed by atoms with Gasteiger partial charge in [0.15, 0.2) is 12.0 Å². The summed E-state index contributed by atoms with van der Waals surface area (Å²) in [5.41, 5.74) is 7.87. The van der Waals surface area contributed by atoms with Crippen LogP contribution in [0.3, 0.4) is 0 Å². The number of hydrogen-bond acceptors (Lipinski definition) is 4. The van der Waals surface area contributed by atoms with Crippen LogP contribution in [-0.4, -0.2) is 0 Å². The van der Waals surface area contributed by atoms with E-state index in [0.717, 1.165) is 44.8 Å². The van der Waals surface area contributed by atoms with Gasteiger partial charge in [-0.3, -0.25) is 0 Å². The first-order valence-electron chi connectivity index (χ1n) is 15.2. The van der Waals surface area contributed by atoms with Crippen LogP contribution in [0.4, 0.5) is 22.7 Å². The maximum absolute atomic E-state index is 6.65. The molecule has 0 saturated heterocycles. The molecule has 1 atom stereocenters. The summed E-state index contributed by atoms with van der Waals surface area (Å²) in [5.74, 6) is 0.905. The fraction of sp³-hybridized carbons (Fsp3) is 0.0244. The molecule has 0 amide bonds. The monoisotopic (exact) mass is 596 g/mol. The van der Waals surface area contributed by atoms with Gasteiger partial charge in [-0.2, -0.15) is 0 Å². The second kappa shape index (κ2) is 10.5. The number of rotatable bonds is 5. The molecule has 9 rings (SSSR count). The molecule has 0 spiro atoms. The van der Waals surface area contributed by atoms with Crippen LogP contribution in [0.5, 0.6) is 5.75 Å². The Bertz CT molecular complexity index is 2330. The van der Waals surface area contributed by atoms with Gasteiger partial charge in [0.1, 0.15) is 0 Å². The van der Waals surface area contributed by atoms with Gasteiger partial charge in [-0.25, -0.2) is 0 Å². The molecule has 214 valence electrons. The van der Waals surface area contributed by atoms with Gasteiger partial charge in [-0.05, 0) is 92.6 Å². The number of nitrogens with one attached hydrogen (secondary N) is 1. The summed E-state index contributed by atoms with van der Waals surface area (Å²) in [7, 11) is 0. The van der Waals surface area contributed by atoms with E-state index in [0.29, 0.717) is 0 Å². The highest BCUT2D eigenvalue weighted by molar-refractivity contribution is 7.17. The summed E-state index contributed by atoms with van der Waals surface area (Å²) in [5, 5.41) is 11.6. The lowest BCUT2D eigenvalue weighted by Crippen LogP contribution is -2.10. The van der Waals surface area contributed by atoms with Crippen LogP contribution in [0.15, 0.2) is 157 Å². The molecule has 0 aliphatic carbocycles. The van der Waals surface area contributed by atoms with Crippen molar-refractivity contribution >= 4 is 65.7 Å². The Labute approximate surface area is 265 Å². The summed E-state index contributed by atoms with van der Waals surface area (Å²) in [6.45, 7) is 0. The van der Waals surface area contributed by atoms with Crippen LogP contribution in [-0.2, 0) is 0 Å². The maximum atomic E-state index is 6.65. The fourth-order valence-corrected chi connectivity index (χ4v) is 7.29. The van der Waals surface area contributed by atoms with Crippen molar-refractivity contribution in [3.63, 3.8) is 0 Å². The van der Waals surface area contributed by atoms with E-state index in [9.17, 15) is 0 Å². The Hall–Kier alpha value is -5.58. The van der Waals surface area contributed by atoms with Gasteiger partial charge >= 0.3 is 0 Å². The molecule has 1 unspecified atom stereocenters. The van der Waals surface area contributed by atoms with Crippen LogP contribution in [0, 0.1) is 0 Å². The molecule has 0 fully saturated rings. The van der Waals surface area contributed by atoms with E-state index in [1.807, 2.05) is 6.07 Å². The van der Waals surface area contributed by atoms with Crippen molar-refractivity contribution < 1.29 is 4.74 Å². The molecule has 4 heteroatoms. The lowest BCUT2D eigenvalue weighted by Gasteiger charge is -2.26. The van der Waals surface area contributed by atoms with E-state index in [1.54, 1.807) is 11.3 Å². The van der Waals surface area contributed by atoms with Crippen molar-refractivity contribution in [3.05, 3.63) is 163 Å². The first-order valence-corrected chi connectivity index (χ1v) is 16.1. The first-order chi connectivity index (χ1) is 22.3. The zero-order valence-electron chi connectivity index (χ0n) is 24.4. The summed E-state index contributed by atoms with van der Waals surface area (Å²) in [4.78, 5) is 2.36. The molecule has 2 heterocycles.